The molecule has 0 spiro atoms. The van der Waals surface area contributed by atoms with Gasteiger partial charge < -0.3 is 4.57 Å². The minimum atomic E-state index is -3.43. The maximum Gasteiger partial charge on any atom is 0.262 e. The molecule has 0 aromatic carbocycles. The van der Waals surface area contributed by atoms with Crippen LogP contribution in [0.5, 0.6) is 0 Å². The molecule has 3 rings (SSSR count). The number of nitrogens with zero attached hydrogens (tertiary/aromatic N) is 4. The van der Waals surface area contributed by atoms with Crippen LogP contribution in [0.4, 0.5) is 0 Å². The monoisotopic (exact) mass is 284 g/mol. The van der Waals surface area contributed by atoms with Crippen molar-refractivity contribution < 1.29 is 8.42 Å². The number of hydrogen-bond donors (Lipinski definition) is 0. The minimum absolute atomic E-state index is 0.168. The first kappa shape index (κ1) is 13.1. The van der Waals surface area contributed by atoms with E-state index in [4.69, 9.17) is 0 Å². The summed E-state index contributed by atoms with van der Waals surface area (Å²) in [4.78, 5) is 6.39. The highest BCUT2D eigenvalue weighted by Gasteiger charge is 2.35. The Morgan fingerprint density at radius 2 is 2.05 bits per heavy atom. The summed E-state index contributed by atoms with van der Waals surface area (Å²) in [5, 5.41) is 0.168. The van der Waals surface area contributed by atoms with Gasteiger partial charge in [0.05, 0.1) is 6.33 Å². The Balaban J connectivity index is 1.82. The van der Waals surface area contributed by atoms with Gasteiger partial charge in [0.1, 0.15) is 0 Å². The van der Waals surface area contributed by atoms with Crippen LogP contribution in [0, 0.1) is 0 Å². The first-order valence-electron chi connectivity index (χ1n) is 6.79. The molecule has 0 radical (unpaired) electrons. The average Bonchev–Trinajstić information content (AvgIpc) is 2.76. The lowest BCUT2D eigenvalue weighted by Gasteiger charge is -2.44. The third-order valence-corrected chi connectivity index (χ3v) is 5.82. The van der Waals surface area contributed by atoms with Crippen LogP contribution < -0.4 is 0 Å². The Labute approximate surface area is 114 Å². The van der Waals surface area contributed by atoms with E-state index < -0.39 is 10.0 Å². The molecule has 0 aliphatic carbocycles. The van der Waals surface area contributed by atoms with Crippen LogP contribution in [0.3, 0.4) is 0 Å². The second kappa shape index (κ2) is 4.88. The van der Waals surface area contributed by atoms with Gasteiger partial charge in [0.25, 0.3) is 10.0 Å². The summed E-state index contributed by atoms with van der Waals surface area (Å²) in [6.45, 7) is 3.45. The van der Waals surface area contributed by atoms with Gasteiger partial charge in [-0.3, -0.25) is 4.90 Å². The SMILES string of the molecule is Cn1cnc(S(=O)(=O)N2CCCCN3CC[C@@H]3C2)c1. The van der Waals surface area contributed by atoms with Crippen molar-refractivity contribution in [2.24, 2.45) is 7.05 Å². The molecule has 106 valence electrons. The summed E-state index contributed by atoms with van der Waals surface area (Å²) in [5.74, 6) is 0. The summed E-state index contributed by atoms with van der Waals surface area (Å²) in [7, 11) is -1.64. The molecule has 0 saturated carbocycles. The van der Waals surface area contributed by atoms with Crippen molar-refractivity contribution in [3.63, 3.8) is 0 Å². The summed E-state index contributed by atoms with van der Waals surface area (Å²) < 4.78 is 28.4. The largest absolute Gasteiger partial charge is 0.339 e. The molecule has 1 aromatic rings. The molecule has 7 heteroatoms. The van der Waals surface area contributed by atoms with Crippen LogP contribution >= 0.6 is 0 Å². The lowest BCUT2D eigenvalue weighted by atomic mass is 10.0. The van der Waals surface area contributed by atoms with Crippen molar-refractivity contribution in [2.45, 2.75) is 30.3 Å². The predicted octanol–water partition coefficient (Wildman–Crippen LogP) is 0.279. The van der Waals surface area contributed by atoms with Gasteiger partial charge in [0, 0.05) is 38.9 Å². The molecule has 0 amide bonds. The summed E-state index contributed by atoms with van der Waals surface area (Å²) in [6, 6.07) is 0.402. The van der Waals surface area contributed by atoms with Crippen LogP contribution in [0.25, 0.3) is 0 Å². The van der Waals surface area contributed by atoms with E-state index in [1.165, 1.54) is 6.33 Å². The quantitative estimate of drug-likeness (QED) is 0.783. The van der Waals surface area contributed by atoms with E-state index in [2.05, 4.69) is 9.88 Å². The Kier molecular flexibility index (Phi) is 3.36. The average molecular weight is 284 g/mol. The van der Waals surface area contributed by atoms with Gasteiger partial charge in [-0.2, -0.15) is 4.31 Å². The molecule has 1 atom stereocenters. The van der Waals surface area contributed by atoms with E-state index >= 15 is 0 Å². The highest BCUT2D eigenvalue weighted by molar-refractivity contribution is 7.89. The fourth-order valence-electron chi connectivity index (χ4n) is 2.80. The van der Waals surface area contributed by atoms with Crippen LogP contribution in [0.1, 0.15) is 19.3 Å². The Morgan fingerprint density at radius 3 is 2.68 bits per heavy atom. The summed E-state index contributed by atoms with van der Waals surface area (Å²) >= 11 is 0. The van der Waals surface area contributed by atoms with E-state index in [1.54, 1.807) is 22.1 Å². The fraction of sp³-hybridized carbons (Fsp3) is 0.750. The zero-order valence-electron chi connectivity index (χ0n) is 11.2. The number of imidazole rings is 1. The van der Waals surface area contributed by atoms with Crippen LogP contribution in [0.2, 0.25) is 0 Å². The molecule has 2 fully saturated rings. The maximum absolute atomic E-state index is 12.6. The topological polar surface area (TPSA) is 58.4 Å². The van der Waals surface area contributed by atoms with Gasteiger partial charge in [0.15, 0.2) is 5.03 Å². The maximum atomic E-state index is 12.6. The second-order valence-electron chi connectivity index (χ2n) is 5.43. The number of aryl methyl sites for hydroxylation is 1. The molecular formula is C12H20N4O2S. The zero-order valence-corrected chi connectivity index (χ0v) is 12.0. The van der Waals surface area contributed by atoms with Crippen LogP contribution in [-0.4, -0.2) is 59.4 Å². The third-order valence-electron chi connectivity index (χ3n) is 4.07. The van der Waals surface area contributed by atoms with E-state index in [-0.39, 0.29) is 5.03 Å². The number of rotatable bonds is 2. The van der Waals surface area contributed by atoms with Gasteiger partial charge >= 0.3 is 0 Å². The van der Waals surface area contributed by atoms with Gasteiger partial charge in [-0.1, -0.05) is 0 Å². The molecule has 1 aromatic heterocycles. The third kappa shape index (κ3) is 2.42. The minimum Gasteiger partial charge on any atom is -0.339 e. The normalized spacial score (nSPS) is 26.3. The van der Waals surface area contributed by atoms with Crippen molar-refractivity contribution in [1.29, 1.82) is 0 Å². The fourth-order valence-corrected chi connectivity index (χ4v) is 4.28. The van der Waals surface area contributed by atoms with Gasteiger partial charge in [0.2, 0.25) is 0 Å². The van der Waals surface area contributed by atoms with Crippen molar-refractivity contribution in [2.75, 3.05) is 26.2 Å². The van der Waals surface area contributed by atoms with Crippen LogP contribution in [0.15, 0.2) is 17.6 Å². The molecule has 0 unspecified atom stereocenters. The molecule has 19 heavy (non-hydrogen) atoms. The van der Waals surface area contributed by atoms with Gasteiger partial charge in [-0.25, -0.2) is 13.4 Å². The van der Waals surface area contributed by atoms with E-state index in [9.17, 15) is 8.42 Å². The first-order chi connectivity index (χ1) is 9.07. The summed E-state index contributed by atoms with van der Waals surface area (Å²) in [5.41, 5.74) is 0. The van der Waals surface area contributed by atoms with Crippen molar-refractivity contribution in [3.05, 3.63) is 12.5 Å². The van der Waals surface area contributed by atoms with Crippen LogP contribution in [-0.2, 0) is 17.1 Å². The molecule has 0 bridgehead atoms. The number of hydrogen-bond acceptors (Lipinski definition) is 4. The molecule has 2 aliphatic rings. The first-order valence-corrected chi connectivity index (χ1v) is 8.23. The number of sulfonamides is 1. The van der Waals surface area contributed by atoms with E-state index in [0.29, 0.717) is 19.1 Å². The molecule has 3 heterocycles. The highest BCUT2D eigenvalue weighted by Crippen LogP contribution is 2.24. The lowest BCUT2D eigenvalue weighted by Crippen LogP contribution is -2.55. The van der Waals surface area contributed by atoms with Gasteiger partial charge in [-0.15, -0.1) is 0 Å². The molecule has 2 aliphatic heterocycles. The lowest BCUT2D eigenvalue weighted by molar-refractivity contribution is 0.0618. The number of fused-ring (bicyclic) bond motifs is 1. The Bertz CT molecular complexity index is 554. The second-order valence-corrected chi connectivity index (χ2v) is 7.31. The molecular weight excluding hydrogens is 264 g/mol. The molecule has 0 N–H and O–H groups in total. The van der Waals surface area contributed by atoms with Crippen molar-refractivity contribution >= 4 is 10.0 Å². The predicted molar refractivity (Wildman–Crippen MR) is 71.2 cm³/mol. The standard InChI is InChI=1S/C12H20N4O2S/c1-14-9-12(13-10-14)19(17,18)16-6-3-2-5-15-7-4-11(15)8-16/h9-11H,2-8H2,1H3/t11-/m1/s1. The van der Waals surface area contributed by atoms with E-state index in [0.717, 1.165) is 32.4 Å². The van der Waals surface area contributed by atoms with Gasteiger partial charge in [-0.05, 0) is 25.8 Å². The highest BCUT2D eigenvalue weighted by atomic mass is 32.2. The summed E-state index contributed by atoms with van der Waals surface area (Å²) in [6.07, 6.45) is 6.22. The molecule has 6 nitrogen and oxygen atoms in total. The number of aromatic nitrogens is 2. The Morgan fingerprint density at radius 1 is 1.26 bits per heavy atom. The zero-order chi connectivity index (χ0) is 13.5. The smallest absolute Gasteiger partial charge is 0.262 e. The van der Waals surface area contributed by atoms with Crippen molar-refractivity contribution in [1.82, 2.24) is 18.8 Å². The van der Waals surface area contributed by atoms with Crippen molar-refractivity contribution in [3.8, 4) is 0 Å². The van der Waals surface area contributed by atoms with E-state index in [1.807, 2.05) is 0 Å². The Hall–Kier alpha value is -0.920. The molecule has 2 saturated heterocycles.